The van der Waals surface area contributed by atoms with Gasteiger partial charge in [-0.05, 0) is 13.0 Å². The van der Waals surface area contributed by atoms with Gasteiger partial charge in [0.1, 0.15) is 5.52 Å². The molecule has 7 heteroatoms. The van der Waals surface area contributed by atoms with Gasteiger partial charge in [-0.1, -0.05) is 22.9 Å². The van der Waals surface area contributed by atoms with E-state index in [1.165, 1.54) is 0 Å². The van der Waals surface area contributed by atoms with Gasteiger partial charge in [0.05, 0.1) is 13.2 Å². The van der Waals surface area contributed by atoms with Crippen molar-refractivity contribution in [1.82, 2.24) is 9.82 Å². The lowest BCUT2D eigenvalue weighted by Gasteiger charge is -2.08. The molecule has 1 atom stereocenters. The lowest BCUT2D eigenvalue weighted by atomic mass is 10.2. The molecule has 2 rings (SSSR count). The molecule has 0 saturated carbocycles. The first kappa shape index (κ1) is 13.9. The standard InChI is InChI=1S/C12H16N3O3S/c1-10(14-19(16,17)18-2)9-15-8-7-11-5-3-4-6-12(11)13-15/h3-8,10,14H,9H2,1-2H3/q+1/t10-/m0/s1. The summed E-state index contributed by atoms with van der Waals surface area (Å²) in [6, 6.07) is 9.38. The zero-order valence-corrected chi connectivity index (χ0v) is 11.6. The summed E-state index contributed by atoms with van der Waals surface area (Å²) in [5, 5.41) is 5.46. The lowest BCUT2D eigenvalue weighted by Crippen LogP contribution is -2.48. The quantitative estimate of drug-likeness (QED) is 0.805. The van der Waals surface area contributed by atoms with Crippen LogP contribution >= 0.6 is 0 Å². The first-order chi connectivity index (χ1) is 9.00. The van der Waals surface area contributed by atoms with Gasteiger partial charge in [-0.25, -0.2) is 0 Å². The van der Waals surface area contributed by atoms with Crippen molar-refractivity contribution in [2.24, 2.45) is 0 Å². The molecule has 1 aromatic heterocycles. The number of fused-ring (bicyclic) bond motifs is 1. The van der Waals surface area contributed by atoms with Crippen LogP contribution in [0.3, 0.4) is 0 Å². The second-order valence-electron chi connectivity index (χ2n) is 4.24. The summed E-state index contributed by atoms with van der Waals surface area (Å²) in [4.78, 5) is 0. The Morgan fingerprint density at radius 1 is 1.37 bits per heavy atom. The number of rotatable bonds is 5. The zero-order chi connectivity index (χ0) is 13.9. The van der Waals surface area contributed by atoms with E-state index in [2.05, 4.69) is 14.0 Å². The van der Waals surface area contributed by atoms with Crippen molar-refractivity contribution >= 4 is 21.2 Å². The van der Waals surface area contributed by atoms with Gasteiger partial charge in [-0.2, -0.15) is 13.1 Å². The van der Waals surface area contributed by atoms with Crippen LogP contribution in [0.15, 0.2) is 36.5 Å². The van der Waals surface area contributed by atoms with E-state index in [0.717, 1.165) is 18.0 Å². The van der Waals surface area contributed by atoms with Gasteiger partial charge in [-0.15, -0.1) is 0 Å². The molecule has 1 N–H and O–H groups in total. The highest BCUT2D eigenvalue weighted by atomic mass is 32.2. The second-order valence-corrected chi connectivity index (χ2v) is 5.71. The molecular weight excluding hydrogens is 266 g/mol. The largest absolute Gasteiger partial charge is 0.336 e. The molecule has 1 heterocycles. The predicted molar refractivity (Wildman–Crippen MR) is 70.5 cm³/mol. The van der Waals surface area contributed by atoms with Gasteiger partial charge in [0.2, 0.25) is 0 Å². The maximum absolute atomic E-state index is 11.2. The minimum Gasteiger partial charge on any atom is -0.261 e. The van der Waals surface area contributed by atoms with Crippen LogP contribution in [-0.4, -0.2) is 26.7 Å². The summed E-state index contributed by atoms with van der Waals surface area (Å²) in [5.74, 6) is 0. The van der Waals surface area contributed by atoms with Crippen LogP contribution in [0.1, 0.15) is 6.92 Å². The Morgan fingerprint density at radius 3 is 2.84 bits per heavy atom. The minimum absolute atomic E-state index is 0.316. The molecular formula is C12H16N3O3S+. The van der Waals surface area contributed by atoms with Crippen LogP contribution in [0, 0.1) is 0 Å². The molecule has 0 aliphatic carbocycles. The van der Waals surface area contributed by atoms with Crippen molar-refractivity contribution in [2.75, 3.05) is 7.11 Å². The van der Waals surface area contributed by atoms with Gasteiger partial charge in [0.15, 0.2) is 12.7 Å². The van der Waals surface area contributed by atoms with Crippen LogP contribution < -0.4 is 9.40 Å². The Labute approximate surface area is 112 Å². The Bertz CT molecular complexity index is 673. The molecule has 102 valence electrons. The van der Waals surface area contributed by atoms with Crippen molar-refractivity contribution in [1.29, 1.82) is 0 Å². The summed E-state index contributed by atoms with van der Waals surface area (Å²) in [6.07, 6.45) is 1.82. The van der Waals surface area contributed by atoms with E-state index in [9.17, 15) is 8.42 Å². The first-order valence-corrected chi connectivity index (χ1v) is 7.24. The fourth-order valence-corrected chi connectivity index (χ4v) is 2.44. The third kappa shape index (κ3) is 3.69. The SMILES string of the molecule is COS(=O)(=O)N[C@@H](C)C[n+]1ccc2ccccc2n1. The van der Waals surface area contributed by atoms with Crippen molar-refractivity contribution < 1.29 is 17.3 Å². The highest BCUT2D eigenvalue weighted by Gasteiger charge is 2.17. The van der Waals surface area contributed by atoms with Crippen LogP contribution in [0.2, 0.25) is 0 Å². The van der Waals surface area contributed by atoms with E-state index in [1.807, 2.05) is 36.5 Å². The van der Waals surface area contributed by atoms with E-state index in [1.54, 1.807) is 11.6 Å². The Morgan fingerprint density at radius 2 is 2.11 bits per heavy atom. The topological polar surface area (TPSA) is 72.2 Å². The average Bonchev–Trinajstić information content (AvgIpc) is 2.38. The van der Waals surface area contributed by atoms with Crippen LogP contribution in [0.25, 0.3) is 10.9 Å². The molecule has 0 spiro atoms. The predicted octanol–water partition coefficient (Wildman–Crippen LogP) is 0.392. The van der Waals surface area contributed by atoms with Gasteiger partial charge in [0, 0.05) is 16.6 Å². The van der Waals surface area contributed by atoms with Gasteiger partial charge < -0.3 is 0 Å². The minimum atomic E-state index is -3.67. The summed E-state index contributed by atoms with van der Waals surface area (Å²) in [5.41, 5.74) is 0.867. The average molecular weight is 282 g/mol. The van der Waals surface area contributed by atoms with Crippen LogP contribution in [0.5, 0.6) is 0 Å². The van der Waals surface area contributed by atoms with Gasteiger partial charge >= 0.3 is 10.3 Å². The molecule has 19 heavy (non-hydrogen) atoms. The number of nitrogens with one attached hydrogen (secondary N) is 1. The molecule has 0 radical (unpaired) electrons. The molecule has 1 aromatic carbocycles. The van der Waals surface area contributed by atoms with Crippen molar-refractivity contribution in [2.45, 2.75) is 19.5 Å². The fourth-order valence-electron chi connectivity index (χ4n) is 1.77. The van der Waals surface area contributed by atoms with Gasteiger partial charge in [0.25, 0.3) is 0 Å². The van der Waals surface area contributed by atoms with Gasteiger partial charge in [-0.3, -0.25) is 4.18 Å². The Balaban J connectivity index is 2.13. The molecule has 0 amide bonds. The molecule has 0 bridgehead atoms. The number of hydrogen-bond donors (Lipinski definition) is 1. The maximum atomic E-state index is 11.2. The van der Waals surface area contributed by atoms with Crippen LogP contribution in [-0.2, 0) is 21.0 Å². The third-order valence-corrected chi connectivity index (χ3v) is 3.75. The Kier molecular flexibility index (Phi) is 4.08. The van der Waals surface area contributed by atoms with E-state index >= 15 is 0 Å². The molecule has 0 fully saturated rings. The number of nitrogens with zero attached hydrogens (tertiary/aromatic N) is 2. The zero-order valence-electron chi connectivity index (χ0n) is 10.8. The van der Waals surface area contributed by atoms with Crippen LogP contribution in [0.4, 0.5) is 0 Å². The van der Waals surface area contributed by atoms with E-state index < -0.39 is 10.3 Å². The smallest absolute Gasteiger partial charge is 0.261 e. The highest BCUT2D eigenvalue weighted by molar-refractivity contribution is 7.84. The number of aromatic nitrogens is 2. The monoisotopic (exact) mass is 282 g/mol. The lowest BCUT2D eigenvalue weighted by molar-refractivity contribution is -0.753. The number of benzene rings is 1. The second kappa shape index (κ2) is 5.60. The maximum Gasteiger partial charge on any atom is 0.336 e. The first-order valence-electron chi connectivity index (χ1n) is 5.83. The number of hydrogen-bond acceptors (Lipinski definition) is 4. The molecule has 2 aromatic rings. The summed E-state index contributed by atoms with van der Waals surface area (Å²) in [7, 11) is -2.55. The highest BCUT2D eigenvalue weighted by Crippen LogP contribution is 2.06. The molecule has 0 unspecified atom stereocenters. The summed E-state index contributed by atoms with van der Waals surface area (Å²) < 4.78 is 30.9. The molecule has 0 aliphatic rings. The van der Waals surface area contributed by atoms with E-state index in [-0.39, 0.29) is 6.04 Å². The Hall–Kier alpha value is -1.57. The molecule has 0 saturated heterocycles. The van der Waals surface area contributed by atoms with Crippen molar-refractivity contribution in [3.63, 3.8) is 0 Å². The fraction of sp³-hybridized carbons (Fsp3) is 0.333. The normalized spacial score (nSPS) is 13.6. The van der Waals surface area contributed by atoms with E-state index in [4.69, 9.17) is 0 Å². The summed E-state index contributed by atoms with van der Waals surface area (Å²) >= 11 is 0. The molecule has 0 aliphatic heterocycles. The van der Waals surface area contributed by atoms with E-state index in [0.29, 0.717) is 6.54 Å². The third-order valence-electron chi connectivity index (χ3n) is 2.62. The molecule has 6 nitrogen and oxygen atoms in total. The van der Waals surface area contributed by atoms with Crippen molar-refractivity contribution in [3.8, 4) is 0 Å². The summed E-state index contributed by atoms with van der Waals surface area (Å²) in [6.45, 7) is 2.17. The van der Waals surface area contributed by atoms with Crippen molar-refractivity contribution in [3.05, 3.63) is 36.5 Å².